The summed E-state index contributed by atoms with van der Waals surface area (Å²) in [6, 6.07) is -0.918. The van der Waals surface area contributed by atoms with Crippen molar-refractivity contribution in [2.45, 2.75) is 56.4 Å². The zero-order valence-corrected chi connectivity index (χ0v) is 15.8. The second-order valence-electron chi connectivity index (χ2n) is 6.27. The van der Waals surface area contributed by atoms with Crippen molar-refractivity contribution in [3.8, 4) is 0 Å². The molecule has 1 heterocycles. The van der Waals surface area contributed by atoms with Crippen LogP contribution < -0.4 is 4.72 Å². The van der Waals surface area contributed by atoms with Gasteiger partial charge in [-0.05, 0) is 19.3 Å². The molecule has 1 aliphatic carbocycles. The maximum atomic E-state index is 12.7. The lowest BCUT2D eigenvalue weighted by Gasteiger charge is -2.25. The molecule has 0 saturated heterocycles. The Morgan fingerprint density at radius 2 is 2.04 bits per heavy atom. The number of halogens is 1. The highest BCUT2D eigenvalue weighted by molar-refractivity contribution is 7.89. The standard InChI is InChI=1S/C15H24ClN3O4S/c1-10-13(14(16)19(2)17-10)24(21,22)18-12(15(20)23-3)9-11-7-5-4-6-8-11/h11-12,18H,4-9H2,1-3H3. The zero-order chi connectivity index (χ0) is 17.9. The maximum absolute atomic E-state index is 12.7. The summed E-state index contributed by atoms with van der Waals surface area (Å²) < 4.78 is 33.9. The van der Waals surface area contributed by atoms with E-state index in [0.717, 1.165) is 25.7 Å². The third kappa shape index (κ3) is 4.29. The second kappa shape index (κ2) is 7.84. The fourth-order valence-corrected chi connectivity index (χ4v) is 5.20. The fourth-order valence-electron chi connectivity index (χ4n) is 3.25. The number of nitrogens with one attached hydrogen (secondary N) is 1. The van der Waals surface area contributed by atoms with E-state index in [1.54, 1.807) is 14.0 Å². The average molecular weight is 378 g/mol. The Kier molecular flexibility index (Phi) is 6.28. The number of rotatable bonds is 6. The van der Waals surface area contributed by atoms with Gasteiger partial charge in [0.15, 0.2) is 0 Å². The average Bonchev–Trinajstić information content (AvgIpc) is 2.79. The first-order valence-corrected chi connectivity index (χ1v) is 9.91. The minimum Gasteiger partial charge on any atom is -0.468 e. The van der Waals surface area contributed by atoms with Crippen LogP contribution in [0.25, 0.3) is 0 Å². The number of carbonyl (C=O) groups excluding carboxylic acids is 1. The summed E-state index contributed by atoms with van der Waals surface area (Å²) in [4.78, 5) is 12.0. The number of hydrogen-bond donors (Lipinski definition) is 1. The van der Waals surface area contributed by atoms with Gasteiger partial charge in [-0.1, -0.05) is 43.7 Å². The van der Waals surface area contributed by atoms with Crippen molar-refractivity contribution in [1.29, 1.82) is 0 Å². The monoisotopic (exact) mass is 377 g/mol. The van der Waals surface area contributed by atoms with Gasteiger partial charge in [-0.15, -0.1) is 0 Å². The van der Waals surface area contributed by atoms with E-state index in [4.69, 9.17) is 16.3 Å². The van der Waals surface area contributed by atoms with Crippen LogP contribution in [0.4, 0.5) is 0 Å². The van der Waals surface area contributed by atoms with Gasteiger partial charge in [-0.3, -0.25) is 9.48 Å². The Morgan fingerprint density at radius 1 is 1.42 bits per heavy atom. The van der Waals surface area contributed by atoms with Crippen LogP contribution in [0.15, 0.2) is 4.90 Å². The van der Waals surface area contributed by atoms with E-state index in [1.165, 1.54) is 18.2 Å². The highest BCUT2D eigenvalue weighted by atomic mass is 35.5. The molecule has 24 heavy (non-hydrogen) atoms. The molecule has 2 rings (SSSR count). The van der Waals surface area contributed by atoms with E-state index in [0.29, 0.717) is 12.3 Å². The molecular weight excluding hydrogens is 354 g/mol. The highest BCUT2D eigenvalue weighted by Gasteiger charge is 2.33. The molecule has 1 fully saturated rings. The van der Waals surface area contributed by atoms with Crippen LogP contribution in [0.2, 0.25) is 5.15 Å². The number of methoxy groups -OCH3 is 1. The lowest BCUT2D eigenvalue weighted by Crippen LogP contribution is -2.43. The van der Waals surface area contributed by atoms with Crippen molar-refractivity contribution < 1.29 is 17.9 Å². The lowest BCUT2D eigenvalue weighted by molar-refractivity contribution is -0.143. The number of aryl methyl sites for hydroxylation is 2. The first kappa shape index (κ1) is 19.2. The molecule has 1 atom stereocenters. The van der Waals surface area contributed by atoms with Crippen molar-refractivity contribution >= 4 is 27.6 Å². The normalized spacial score (nSPS) is 17.7. The molecule has 1 aromatic rings. The number of sulfonamides is 1. The Bertz CT molecular complexity index is 696. The molecule has 1 saturated carbocycles. The summed E-state index contributed by atoms with van der Waals surface area (Å²) in [6.07, 6.45) is 5.85. The SMILES string of the molecule is COC(=O)C(CC1CCCCC1)NS(=O)(=O)c1c(C)nn(C)c1Cl. The molecule has 0 aliphatic heterocycles. The zero-order valence-electron chi connectivity index (χ0n) is 14.2. The summed E-state index contributed by atoms with van der Waals surface area (Å²) in [6.45, 7) is 1.56. The number of carbonyl (C=O) groups is 1. The Morgan fingerprint density at radius 3 is 2.54 bits per heavy atom. The summed E-state index contributed by atoms with van der Waals surface area (Å²) in [7, 11) is -1.15. The highest BCUT2D eigenvalue weighted by Crippen LogP contribution is 2.29. The molecule has 0 amide bonds. The topological polar surface area (TPSA) is 90.3 Å². The van der Waals surface area contributed by atoms with Gasteiger partial charge in [0.2, 0.25) is 10.0 Å². The van der Waals surface area contributed by atoms with Gasteiger partial charge in [0, 0.05) is 7.05 Å². The van der Waals surface area contributed by atoms with Crippen molar-refractivity contribution in [3.05, 3.63) is 10.8 Å². The van der Waals surface area contributed by atoms with Crippen molar-refractivity contribution in [3.63, 3.8) is 0 Å². The van der Waals surface area contributed by atoms with E-state index < -0.39 is 22.0 Å². The van der Waals surface area contributed by atoms with E-state index in [2.05, 4.69) is 9.82 Å². The number of aromatic nitrogens is 2. The minimum atomic E-state index is -3.97. The van der Waals surface area contributed by atoms with Gasteiger partial charge in [0.1, 0.15) is 16.1 Å². The van der Waals surface area contributed by atoms with Crippen molar-refractivity contribution in [2.24, 2.45) is 13.0 Å². The third-order valence-electron chi connectivity index (χ3n) is 4.45. The first-order valence-electron chi connectivity index (χ1n) is 8.05. The van der Waals surface area contributed by atoms with Gasteiger partial charge >= 0.3 is 5.97 Å². The molecule has 9 heteroatoms. The van der Waals surface area contributed by atoms with E-state index in [9.17, 15) is 13.2 Å². The number of ether oxygens (including phenoxy) is 1. The van der Waals surface area contributed by atoms with E-state index >= 15 is 0 Å². The van der Waals surface area contributed by atoms with Crippen LogP contribution >= 0.6 is 11.6 Å². The molecule has 1 aromatic heterocycles. The number of nitrogens with zero attached hydrogens (tertiary/aromatic N) is 2. The Labute approximate surface area is 147 Å². The van der Waals surface area contributed by atoms with E-state index in [-0.39, 0.29) is 15.7 Å². The number of hydrogen-bond acceptors (Lipinski definition) is 5. The minimum absolute atomic E-state index is 0.0151. The predicted octanol–water partition coefficient (Wildman–Crippen LogP) is 2.17. The van der Waals surface area contributed by atoms with Gasteiger partial charge < -0.3 is 4.74 Å². The molecule has 0 spiro atoms. The predicted molar refractivity (Wildman–Crippen MR) is 90.3 cm³/mol. The summed E-state index contributed by atoms with van der Waals surface area (Å²) in [5.41, 5.74) is 0.288. The van der Waals surface area contributed by atoms with Gasteiger partial charge in [0.05, 0.1) is 12.8 Å². The molecule has 1 N–H and O–H groups in total. The van der Waals surface area contributed by atoms with Gasteiger partial charge in [-0.2, -0.15) is 9.82 Å². The maximum Gasteiger partial charge on any atom is 0.323 e. The quantitative estimate of drug-likeness (QED) is 0.767. The molecule has 0 aromatic carbocycles. The van der Waals surface area contributed by atoms with Gasteiger partial charge in [0.25, 0.3) is 0 Å². The van der Waals surface area contributed by atoms with Crippen LogP contribution in [-0.2, 0) is 26.6 Å². The molecule has 1 aliphatic rings. The molecular formula is C15H24ClN3O4S. The number of esters is 1. The van der Waals surface area contributed by atoms with Crippen LogP contribution in [-0.4, -0.2) is 37.3 Å². The third-order valence-corrected chi connectivity index (χ3v) is 6.61. The smallest absolute Gasteiger partial charge is 0.323 e. The van der Waals surface area contributed by atoms with Crippen molar-refractivity contribution in [1.82, 2.24) is 14.5 Å². The molecule has 136 valence electrons. The second-order valence-corrected chi connectivity index (χ2v) is 8.27. The van der Waals surface area contributed by atoms with Crippen LogP contribution in [0.3, 0.4) is 0 Å². The first-order chi connectivity index (χ1) is 11.3. The summed E-state index contributed by atoms with van der Waals surface area (Å²) in [5, 5.41) is 4.03. The van der Waals surface area contributed by atoms with Crippen LogP contribution in [0.5, 0.6) is 0 Å². The Hall–Kier alpha value is -1.12. The van der Waals surface area contributed by atoms with Crippen LogP contribution in [0, 0.1) is 12.8 Å². The fraction of sp³-hybridized carbons (Fsp3) is 0.733. The van der Waals surface area contributed by atoms with Crippen LogP contribution in [0.1, 0.15) is 44.2 Å². The largest absolute Gasteiger partial charge is 0.468 e. The molecule has 0 bridgehead atoms. The molecule has 7 nitrogen and oxygen atoms in total. The molecule has 0 radical (unpaired) electrons. The van der Waals surface area contributed by atoms with Gasteiger partial charge in [-0.25, -0.2) is 8.42 Å². The lowest BCUT2D eigenvalue weighted by atomic mass is 9.85. The summed E-state index contributed by atoms with van der Waals surface area (Å²) >= 11 is 6.05. The Balaban J connectivity index is 2.22. The molecule has 1 unspecified atom stereocenters. The van der Waals surface area contributed by atoms with E-state index in [1.807, 2.05) is 0 Å². The summed E-state index contributed by atoms with van der Waals surface area (Å²) in [5.74, 6) is -0.266. The van der Waals surface area contributed by atoms with Crippen molar-refractivity contribution in [2.75, 3.05) is 7.11 Å².